The number of phosphoric ester groups is 1. The van der Waals surface area contributed by atoms with E-state index in [2.05, 4.69) is 28.1 Å². The van der Waals surface area contributed by atoms with Crippen LogP contribution >= 0.6 is 7.82 Å². The molecule has 0 amide bonds. The summed E-state index contributed by atoms with van der Waals surface area (Å²) in [5.41, 5.74) is 5.91. The lowest BCUT2D eigenvalue weighted by molar-refractivity contribution is -0.0566. The van der Waals surface area contributed by atoms with E-state index >= 15 is 0 Å². The number of rotatable bonds is 13. The zero-order chi connectivity index (χ0) is 26.1. The molecule has 3 rings (SSSR count). The minimum atomic E-state index is -4.20. The second-order valence-corrected chi connectivity index (χ2v) is 8.77. The van der Waals surface area contributed by atoms with E-state index in [9.17, 15) is 13.8 Å². The Morgan fingerprint density at radius 1 is 1.33 bits per heavy atom. The largest absolute Gasteiger partial charge is 0.508 e. The van der Waals surface area contributed by atoms with E-state index < -0.39 is 38.5 Å². The molecule has 0 aliphatic carbocycles. The van der Waals surface area contributed by atoms with Crippen LogP contribution < -0.4 is 5.73 Å². The van der Waals surface area contributed by atoms with Gasteiger partial charge in [0.1, 0.15) is 31.6 Å². The van der Waals surface area contributed by atoms with Crippen LogP contribution in [0.4, 0.5) is 15.0 Å². The molecular formula is C20H24FN6O8P. The number of carbonyl (C=O) groups is 1. The lowest BCUT2D eigenvalue weighted by Crippen LogP contribution is -2.30. The minimum Gasteiger partial charge on any atom is -0.431 e. The third kappa shape index (κ3) is 6.84. The summed E-state index contributed by atoms with van der Waals surface area (Å²) >= 11 is 0. The molecule has 0 bridgehead atoms. The van der Waals surface area contributed by atoms with Crippen LogP contribution in [0.3, 0.4) is 0 Å². The smallest absolute Gasteiger partial charge is 0.431 e. The van der Waals surface area contributed by atoms with Gasteiger partial charge in [0.15, 0.2) is 17.0 Å². The highest BCUT2D eigenvalue weighted by Crippen LogP contribution is 2.53. The third-order valence-corrected chi connectivity index (χ3v) is 6.17. The Morgan fingerprint density at radius 2 is 2.11 bits per heavy atom. The first kappa shape index (κ1) is 27.2. The van der Waals surface area contributed by atoms with Crippen molar-refractivity contribution < 1.29 is 41.5 Å². The van der Waals surface area contributed by atoms with Gasteiger partial charge >= 0.3 is 20.1 Å². The van der Waals surface area contributed by atoms with E-state index in [1.54, 1.807) is 0 Å². The van der Waals surface area contributed by atoms with Crippen molar-refractivity contribution in [3.05, 3.63) is 37.7 Å². The van der Waals surface area contributed by atoms with Crippen LogP contribution in [0.1, 0.15) is 19.1 Å². The molecule has 0 aromatic carbocycles. The van der Waals surface area contributed by atoms with Crippen LogP contribution in [-0.4, -0.2) is 64.3 Å². The van der Waals surface area contributed by atoms with Gasteiger partial charge < -0.3 is 19.9 Å². The number of carbonyl (C=O) groups excluding carboxylic acids is 1. The van der Waals surface area contributed by atoms with Gasteiger partial charge in [-0.2, -0.15) is 19.6 Å². The van der Waals surface area contributed by atoms with Crippen molar-refractivity contribution in [2.75, 3.05) is 32.2 Å². The van der Waals surface area contributed by atoms with Gasteiger partial charge in [-0.15, -0.1) is 6.58 Å². The number of fused-ring (bicyclic) bond motifs is 1. The number of nitrogens with two attached hydrogens (primary N) is 1. The summed E-state index contributed by atoms with van der Waals surface area (Å²) in [4.78, 5) is 23.1. The van der Waals surface area contributed by atoms with E-state index in [1.807, 2.05) is 6.07 Å². The molecule has 0 saturated carbocycles. The standard InChI is InChI=1S/C20H24FN6O8P/c1-3-7-30-20(28)31-11-14-13(35-36(29,32-8-4-2)33-9-5-6-22)10-15(34-14)27-12-24-16-17(23)25-19(21)26-18(16)27/h3-4,12-15H,1-2,5,7-11H2,(H2,23,25,26)/t13-,14+,15+,36?/m0/s1. The number of imidazole rings is 1. The Labute approximate surface area is 205 Å². The maximum absolute atomic E-state index is 13.8. The maximum atomic E-state index is 13.8. The quantitative estimate of drug-likeness (QED) is 0.132. The third-order valence-electron chi connectivity index (χ3n) is 4.67. The predicted molar refractivity (Wildman–Crippen MR) is 121 cm³/mol. The second kappa shape index (κ2) is 12.5. The Bertz CT molecular complexity index is 1190. The van der Waals surface area contributed by atoms with Gasteiger partial charge in [-0.25, -0.2) is 14.3 Å². The SMILES string of the molecule is C=CCOC(=O)OC[C@H]1O[C@@H](n2cnc3c(N)nc(F)nc32)C[C@@H]1OP(=O)(OCC=C)OCCC#N. The zero-order valence-electron chi connectivity index (χ0n) is 19.0. The molecule has 2 aromatic heterocycles. The van der Waals surface area contributed by atoms with E-state index in [4.69, 9.17) is 38.8 Å². The molecule has 1 aliphatic heterocycles. The van der Waals surface area contributed by atoms with Crippen molar-refractivity contribution >= 4 is 31.0 Å². The number of ether oxygens (including phenoxy) is 3. The molecule has 0 radical (unpaired) electrons. The molecule has 14 nitrogen and oxygen atoms in total. The van der Waals surface area contributed by atoms with Gasteiger partial charge in [0.25, 0.3) is 0 Å². The van der Waals surface area contributed by atoms with Gasteiger partial charge in [0.2, 0.25) is 0 Å². The lowest BCUT2D eigenvalue weighted by atomic mass is 10.2. The molecule has 1 fully saturated rings. The number of hydrogen-bond acceptors (Lipinski definition) is 13. The summed E-state index contributed by atoms with van der Waals surface area (Å²) < 4.78 is 60.3. The summed E-state index contributed by atoms with van der Waals surface area (Å²) in [5, 5.41) is 8.76. The van der Waals surface area contributed by atoms with Crippen LogP contribution in [0.15, 0.2) is 31.6 Å². The number of aromatic nitrogens is 4. The first-order valence-corrected chi connectivity index (χ1v) is 12.0. The van der Waals surface area contributed by atoms with Crippen LogP contribution in [0, 0.1) is 17.4 Å². The van der Waals surface area contributed by atoms with E-state index in [0.29, 0.717) is 0 Å². The highest BCUT2D eigenvalue weighted by atomic mass is 31.2. The fraction of sp³-hybridized carbons (Fsp3) is 0.450. The van der Waals surface area contributed by atoms with Gasteiger partial charge in [-0.1, -0.05) is 18.7 Å². The number of nitrogen functional groups attached to an aromatic ring is 1. The average molecular weight is 526 g/mol. The molecule has 2 aromatic rings. The molecule has 16 heteroatoms. The van der Waals surface area contributed by atoms with Crippen LogP contribution in [0.5, 0.6) is 0 Å². The number of hydrogen-bond donors (Lipinski definition) is 1. The van der Waals surface area contributed by atoms with Gasteiger partial charge in [-0.05, 0) is 0 Å². The molecule has 2 N–H and O–H groups in total. The molecule has 1 unspecified atom stereocenters. The first-order chi connectivity index (χ1) is 17.3. The summed E-state index contributed by atoms with van der Waals surface area (Å²) in [6.45, 7) is 6.10. The monoisotopic (exact) mass is 526 g/mol. The molecule has 1 aliphatic rings. The Morgan fingerprint density at radius 3 is 2.83 bits per heavy atom. The molecule has 194 valence electrons. The average Bonchev–Trinajstić information content (AvgIpc) is 3.44. The predicted octanol–water partition coefficient (Wildman–Crippen LogP) is 2.80. The summed E-state index contributed by atoms with van der Waals surface area (Å²) in [6, 6.07) is 1.86. The summed E-state index contributed by atoms with van der Waals surface area (Å²) in [6.07, 6.45) is -0.983. The number of nitrogens with zero attached hydrogens (tertiary/aromatic N) is 5. The number of phosphoric acid groups is 1. The normalized spacial score (nSPS) is 20.9. The van der Waals surface area contributed by atoms with Crippen LogP contribution in [0.25, 0.3) is 11.2 Å². The Kier molecular flexibility index (Phi) is 9.45. The zero-order valence-corrected chi connectivity index (χ0v) is 19.9. The van der Waals surface area contributed by atoms with Crippen LogP contribution in [0.2, 0.25) is 0 Å². The van der Waals surface area contributed by atoms with E-state index in [0.717, 1.165) is 0 Å². The van der Waals surface area contributed by atoms with Gasteiger partial charge in [0, 0.05) is 6.42 Å². The number of anilines is 1. The summed E-state index contributed by atoms with van der Waals surface area (Å²) in [7, 11) is -4.20. The fourth-order valence-electron chi connectivity index (χ4n) is 3.18. The van der Waals surface area contributed by atoms with Crippen molar-refractivity contribution in [3.8, 4) is 6.07 Å². The molecule has 0 spiro atoms. The van der Waals surface area contributed by atoms with Crippen molar-refractivity contribution in [2.24, 2.45) is 0 Å². The Balaban J connectivity index is 1.84. The van der Waals surface area contributed by atoms with Crippen molar-refractivity contribution in [2.45, 2.75) is 31.3 Å². The number of nitriles is 1. The van der Waals surface area contributed by atoms with Gasteiger partial charge in [-0.3, -0.25) is 18.1 Å². The molecular weight excluding hydrogens is 502 g/mol. The molecule has 4 atom stereocenters. The molecule has 3 heterocycles. The van der Waals surface area contributed by atoms with Crippen LogP contribution in [-0.2, 0) is 32.3 Å². The molecule has 36 heavy (non-hydrogen) atoms. The topological polar surface area (TPSA) is 183 Å². The Hall–Kier alpha value is -3.41. The van der Waals surface area contributed by atoms with E-state index in [-0.39, 0.29) is 56.3 Å². The fourth-order valence-corrected chi connectivity index (χ4v) is 4.54. The summed E-state index contributed by atoms with van der Waals surface area (Å²) in [5.74, 6) is -0.167. The lowest BCUT2D eigenvalue weighted by Gasteiger charge is -2.23. The second-order valence-electron chi connectivity index (χ2n) is 7.14. The molecule has 1 saturated heterocycles. The van der Waals surface area contributed by atoms with Crippen molar-refractivity contribution in [3.63, 3.8) is 0 Å². The highest BCUT2D eigenvalue weighted by molar-refractivity contribution is 7.48. The maximum Gasteiger partial charge on any atom is 0.508 e. The first-order valence-electron chi connectivity index (χ1n) is 10.6. The highest BCUT2D eigenvalue weighted by Gasteiger charge is 2.44. The van der Waals surface area contributed by atoms with Gasteiger partial charge in [0.05, 0.1) is 32.0 Å². The van der Waals surface area contributed by atoms with Crippen molar-refractivity contribution in [1.29, 1.82) is 5.26 Å². The van der Waals surface area contributed by atoms with E-state index in [1.165, 1.54) is 23.0 Å². The van der Waals surface area contributed by atoms with Crippen molar-refractivity contribution in [1.82, 2.24) is 19.5 Å². The number of halogens is 1. The minimum absolute atomic E-state index is 0.00969.